The van der Waals surface area contributed by atoms with Crippen LogP contribution < -0.4 is 5.32 Å². The van der Waals surface area contributed by atoms with Gasteiger partial charge in [-0.1, -0.05) is 6.92 Å². The Kier molecular flexibility index (Phi) is 1.44. The van der Waals surface area contributed by atoms with Crippen molar-refractivity contribution in [2.24, 2.45) is 5.92 Å². The lowest BCUT2D eigenvalue weighted by Gasteiger charge is -2.28. The molecule has 1 N–H and O–H groups in total. The molecule has 1 saturated carbocycles. The predicted molar refractivity (Wildman–Crippen MR) is 43.1 cm³/mol. The maximum Gasteiger partial charge on any atom is 0.223 e. The molecule has 0 aromatic rings. The van der Waals surface area contributed by atoms with Gasteiger partial charge in [0.15, 0.2) is 0 Å². The summed E-state index contributed by atoms with van der Waals surface area (Å²) in [6.45, 7) is 2.09. The van der Waals surface area contributed by atoms with E-state index in [0.29, 0.717) is 11.8 Å². The van der Waals surface area contributed by atoms with E-state index in [-0.39, 0.29) is 5.54 Å². The third kappa shape index (κ3) is 1.15. The monoisotopic (exact) mass is 153 g/mol. The number of nitrogens with one attached hydrogen (secondary N) is 1. The zero-order valence-corrected chi connectivity index (χ0v) is 7.02. The summed E-state index contributed by atoms with van der Waals surface area (Å²) in [5, 5.41) is 3.13. The highest BCUT2D eigenvalue weighted by atomic mass is 16.2. The van der Waals surface area contributed by atoms with E-state index in [0.717, 1.165) is 12.8 Å². The molecule has 2 fully saturated rings. The zero-order valence-electron chi connectivity index (χ0n) is 7.02. The minimum atomic E-state index is 0.281. The van der Waals surface area contributed by atoms with Crippen LogP contribution in [0.5, 0.6) is 0 Å². The molecular weight excluding hydrogens is 138 g/mol. The fourth-order valence-corrected chi connectivity index (χ4v) is 1.92. The maximum absolute atomic E-state index is 11.4. The molecule has 62 valence electrons. The minimum Gasteiger partial charge on any atom is -0.350 e. The molecule has 1 aliphatic carbocycles. The highest BCUT2D eigenvalue weighted by Gasteiger charge is 2.47. The summed E-state index contributed by atoms with van der Waals surface area (Å²) in [4.78, 5) is 11.4. The molecule has 1 atom stereocenters. The molecule has 0 aromatic heterocycles. The molecule has 2 nitrogen and oxygen atoms in total. The molecule has 11 heavy (non-hydrogen) atoms. The number of piperidine rings is 1. The van der Waals surface area contributed by atoms with Crippen molar-refractivity contribution in [1.82, 2.24) is 5.32 Å². The quantitative estimate of drug-likeness (QED) is 0.607. The summed E-state index contributed by atoms with van der Waals surface area (Å²) in [5.41, 5.74) is 0.281. The molecule has 1 heterocycles. The van der Waals surface area contributed by atoms with E-state index in [1.165, 1.54) is 19.3 Å². The average Bonchev–Trinajstić information content (AvgIpc) is 2.70. The van der Waals surface area contributed by atoms with E-state index in [2.05, 4.69) is 12.2 Å². The van der Waals surface area contributed by atoms with Crippen molar-refractivity contribution >= 4 is 5.91 Å². The van der Waals surface area contributed by atoms with Gasteiger partial charge in [-0.25, -0.2) is 0 Å². The van der Waals surface area contributed by atoms with E-state index in [9.17, 15) is 4.79 Å². The number of rotatable bonds is 1. The molecule has 1 unspecified atom stereocenters. The van der Waals surface area contributed by atoms with Gasteiger partial charge in [0.1, 0.15) is 0 Å². The summed E-state index contributed by atoms with van der Waals surface area (Å²) in [5.74, 6) is 0.609. The summed E-state index contributed by atoms with van der Waals surface area (Å²) in [6.07, 6.45) is 5.77. The Morgan fingerprint density at radius 2 is 2.27 bits per heavy atom. The van der Waals surface area contributed by atoms with Gasteiger partial charge in [0.2, 0.25) is 5.91 Å². The van der Waals surface area contributed by atoms with Crippen molar-refractivity contribution < 1.29 is 4.79 Å². The van der Waals surface area contributed by atoms with Crippen LogP contribution in [-0.4, -0.2) is 11.4 Å². The van der Waals surface area contributed by atoms with Gasteiger partial charge < -0.3 is 5.32 Å². The first kappa shape index (κ1) is 7.14. The van der Waals surface area contributed by atoms with Gasteiger partial charge in [-0.3, -0.25) is 4.79 Å². The van der Waals surface area contributed by atoms with Crippen LogP contribution in [0.15, 0.2) is 0 Å². The Morgan fingerprint density at radius 3 is 2.73 bits per heavy atom. The van der Waals surface area contributed by atoms with Crippen LogP contribution >= 0.6 is 0 Å². The van der Waals surface area contributed by atoms with E-state index in [1.807, 2.05) is 0 Å². The predicted octanol–water partition coefficient (Wildman–Crippen LogP) is 1.46. The van der Waals surface area contributed by atoms with Gasteiger partial charge in [-0.15, -0.1) is 0 Å². The molecule has 1 spiro atoms. The van der Waals surface area contributed by atoms with Crippen LogP contribution in [0.1, 0.15) is 39.0 Å². The number of carbonyl (C=O) groups is 1. The van der Waals surface area contributed by atoms with Crippen LogP contribution in [0.2, 0.25) is 0 Å². The lowest BCUT2D eigenvalue weighted by molar-refractivity contribution is -0.128. The van der Waals surface area contributed by atoms with E-state index < -0.39 is 0 Å². The fraction of sp³-hybridized carbons (Fsp3) is 0.889. The molecule has 0 aromatic carbocycles. The van der Waals surface area contributed by atoms with E-state index >= 15 is 0 Å². The summed E-state index contributed by atoms with van der Waals surface area (Å²) in [6, 6.07) is 0. The van der Waals surface area contributed by atoms with Crippen molar-refractivity contribution in [2.45, 2.75) is 44.6 Å². The minimum absolute atomic E-state index is 0.281. The van der Waals surface area contributed by atoms with Crippen molar-refractivity contribution in [3.63, 3.8) is 0 Å². The number of amides is 1. The van der Waals surface area contributed by atoms with Gasteiger partial charge in [0.05, 0.1) is 0 Å². The average molecular weight is 153 g/mol. The first-order chi connectivity index (χ1) is 5.26. The van der Waals surface area contributed by atoms with Crippen LogP contribution in [0.25, 0.3) is 0 Å². The van der Waals surface area contributed by atoms with Gasteiger partial charge >= 0.3 is 0 Å². The molecule has 1 amide bonds. The summed E-state index contributed by atoms with van der Waals surface area (Å²) < 4.78 is 0. The number of hydrogen-bond donors (Lipinski definition) is 1. The molecule has 2 heteroatoms. The first-order valence-corrected chi connectivity index (χ1v) is 4.58. The van der Waals surface area contributed by atoms with Crippen molar-refractivity contribution in [3.05, 3.63) is 0 Å². The SMILES string of the molecule is CCC1CCC2(CC2)NC1=O. The largest absolute Gasteiger partial charge is 0.350 e. The van der Waals surface area contributed by atoms with Gasteiger partial charge in [0.25, 0.3) is 0 Å². The third-order valence-electron chi connectivity index (χ3n) is 3.08. The highest BCUT2D eigenvalue weighted by Crippen LogP contribution is 2.43. The van der Waals surface area contributed by atoms with Gasteiger partial charge in [0, 0.05) is 11.5 Å². The van der Waals surface area contributed by atoms with E-state index in [1.54, 1.807) is 0 Å². The Bertz CT molecular complexity index is 184. The van der Waals surface area contributed by atoms with Crippen molar-refractivity contribution in [1.29, 1.82) is 0 Å². The van der Waals surface area contributed by atoms with Gasteiger partial charge in [-0.2, -0.15) is 0 Å². The fourth-order valence-electron chi connectivity index (χ4n) is 1.92. The van der Waals surface area contributed by atoms with Gasteiger partial charge in [-0.05, 0) is 32.1 Å². The molecule has 2 aliphatic rings. The molecule has 0 bridgehead atoms. The normalized spacial score (nSPS) is 33.5. The lowest BCUT2D eigenvalue weighted by Crippen LogP contribution is -2.45. The zero-order chi connectivity index (χ0) is 7.90. The topological polar surface area (TPSA) is 29.1 Å². The summed E-state index contributed by atoms with van der Waals surface area (Å²) in [7, 11) is 0. The Labute approximate surface area is 67.4 Å². The van der Waals surface area contributed by atoms with Crippen molar-refractivity contribution in [2.75, 3.05) is 0 Å². The van der Waals surface area contributed by atoms with Crippen LogP contribution in [0, 0.1) is 5.92 Å². The Morgan fingerprint density at radius 1 is 1.55 bits per heavy atom. The smallest absolute Gasteiger partial charge is 0.223 e. The first-order valence-electron chi connectivity index (χ1n) is 4.58. The van der Waals surface area contributed by atoms with E-state index in [4.69, 9.17) is 0 Å². The van der Waals surface area contributed by atoms with Crippen LogP contribution in [0.4, 0.5) is 0 Å². The highest BCUT2D eigenvalue weighted by molar-refractivity contribution is 5.80. The molecule has 2 rings (SSSR count). The lowest BCUT2D eigenvalue weighted by atomic mass is 9.91. The second-order valence-corrected chi connectivity index (χ2v) is 3.91. The Hall–Kier alpha value is -0.530. The molecule has 1 saturated heterocycles. The number of carbonyl (C=O) groups excluding carboxylic acids is 1. The second kappa shape index (κ2) is 2.23. The molecule has 1 aliphatic heterocycles. The number of hydrogen-bond acceptors (Lipinski definition) is 1. The van der Waals surface area contributed by atoms with Crippen molar-refractivity contribution in [3.8, 4) is 0 Å². The molecular formula is C9H15NO. The Balaban J connectivity index is 1.99. The molecule has 0 radical (unpaired) electrons. The third-order valence-corrected chi connectivity index (χ3v) is 3.08. The standard InChI is InChI=1S/C9H15NO/c1-2-7-3-4-9(5-6-9)10-8(7)11/h7H,2-6H2,1H3,(H,10,11). The maximum atomic E-state index is 11.4. The second-order valence-electron chi connectivity index (χ2n) is 3.91. The van der Waals surface area contributed by atoms with Crippen LogP contribution in [-0.2, 0) is 4.79 Å². The summed E-state index contributed by atoms with van der Waals surface area (Å²) >= 11 is 0. The van der Waals surface area contributed by atoms with Crippen LogP contribution in [0.3, 0.4) is 0 Å².